The maximum absolute atomic E-state index is 12.5. The Morgan fingerprint density at radius 1 is 1.32 bits per heavy atom. The van der Waals surface area contributed by atoms with Crippen molar-refractivity contribution >= 4 is 38.7 Å². The highest BCUT2D eigenvalue weighted by atomic mass is 35.5. The van der Waals surface area contributed by atoms with Gasteiger partial charge in [0, 0.05) is 29.1 Å². The number of halogens is 1. The maximum Gasteiger partial charge on any atom is 0.257 e. The largest absolute Gasteiger partial charge is 0.380 e. The summed E-state index contributed by atoms with van der Waals surface area (Å²) in [6.07, 6.45) is 3.60. The van der Waals surface area contributed by atoms with Gasteiger partial charge in [-0.05, 0) is 37.1 Å². The minimum absolute atomic E-state index is 0.102. The molecule has 0 radical (unpaired) electrons. The summed E-state index contributed by atoms with van der Waals surface area (Å²) in [5.74, 6) is -0.0159. The van der Waals surface area contributed by atoms with Crippen molar-refractivity contribution in [1.82, 2.24) is 4.98 Å². The summed E-state index contributed by atoms with van der Waals surface area (Å²) in [7, 11) is -2.97. The Balaban J connectivity index is 1.72. The van der Waals surface area contributed by atoms with Crippen LogP contribution in [-0.2, 0) is 9.84 Å². The van der Waals surface area contributed by atoms with E-state index in [1.54, 1.807) is 30.5 Å². The predicted octanol–water partition coefficient (Wildman–Crippen LogP) is 2.89. The van der Waals surface area contributed by atoms with Crippen molar-refractivity contribution in [2.24, 2.45) is 0 Å². The molecule has 1 aliphatic rings. The number of hydrogen-bond donors (Lipinski definition) is 2. The lowest BCUT2D eigenvalue weighted by atomic mass is 10.1. The van der Waals surface area contributed by atoms with Gasteiger partial charge in [0.25, 0.3) is 5.91 Å². The van der Waals surface area contributed by atoms with Gasteiger partial charge in [-0.1, -0.05) is 17.7 Å². The molecular weight excluding hydrogens is 362 g/mol. The summed E-state index contributed by atoms with van der Waals surface area (Å²) in [5.41, 5.74) is 2.43. The smallest absolute Gasteiger partial charge is 0.257 e. The lowest BCUT2D eigenvalue weighted by Gasteiger charge is -2.13. The normalized spacial score (nSPS) is 18.7. The van der Waals surface area contributed by atoms with Gasteiger partial charge >= 0.3 is 0 Å². The number of anilines is 2. The third-order valence-corrected chi connectivity index (χ3v) is 6.30. The summed E-state index contributed by atoms with van der Waals surface area (Å²) in [4.78, 5) is 16.5. The first-order valence-electron chi connectivity index (χ1n) is 7.82. The standard InChI is InChI=1S/C17H18ClN3O3S/c1-11-15(18)3-2-4-16(11)21-17(22)12-7-14(9-19-8-12)20-13-5-6-25(23,24)10-13/h2-4,7-9,13,20H,5-6,10H2,1H3,(H,21,22). The van der Waals surface area contributed by atoms with E-state index < -0.39 is 9.84 Å². The Kier molecular flexibility index (Phi) is 4.96. The fourth-order valence-corrected chi connectivity index (χ4v) is 4.57. The van der Waals surface area contributed by atoms with Gasteiger partial charge in [0.05, 0.1) is 22.8 Å². The molecule has 1 aromatic heterocycles. The van der Waals surface area contributed by atoms with Gasteiger partial charge in [0.1, 0.15) is 0 Å². The molecule has 0 aliphatic carbocycles. The number of hydrogen-bond acceptors (Lipinski definition) is 5. The van der Waals surface area contributed by atoms with Crippen LogP contribution in [0.5, 0.6) is 0 Å². The molecule has 0 bridgehead atoms. The number of carbonyl (C=O) groups is 1. The first kappa shape index (κ1) is 17.7. The monoisotopic (exact) mass is 379 g/mol. The first-order chi connectivity index (χ1) is 11.8. The number of nitrogens with one attached hydrogen (secondary N) is 2. The molecule has 2 heterocycles. The van der Waals surface area contributed by atoms with Crippen LogP contribution in [0, 0.1) is 6.92 Å². The molecule has 8 heteroatoms. The molecule has 0 spiro atoms. The number of benzene rings is 1. The zero-order valence-electron chi connectivity index (χ0n) is 13.6. The van der Waals surface area contributed by atoms with Crippen molar-refractivity contribution < 1.29 is 13.2 Å². The van der Waals surface area contributed by atoms with E-state index in [2.05, 4.69) is 15.6 Å². The summed E-state index contributed by atoms with van der Waals surface area (Å²) >= 11 is 6.06. The molecule has 1 aromatic carbocycles. The van der Waals surface area contributed by atoms with Crippen LogP contribution in [0.4, 0.5) is 11.4 Å². The number of pyridine rings is 1. The fraction of sp³-hybridized carbons (Fsp3) is 0.294. The van der Waals surface area contributed by atoms with Crippen LogP contribution in [0.1, 0.15) is 22.3 Å². The molecule has 1 saturated heterocycles. The van der Waals surface area contributed by atoms with Gasteiger partial charge in [-0.2, -0.15) is 0 Å². The van der Waals surface area contributed by atoms with Crippen molar-refractivity contribution in [3.63, 3.8) is 0 Å². The summed E-state index contributed by atoms with van der Waals surface area (Å²) < 4.78 is 23.1. The van der Waals surface area contributed by atoms with Gasteiger partial charge in [-0.3, -0.25) is 9.78 Å². The van der Waals surface area contributed by atoms with E-state index in [1.807, 2.05) is 6.92 Å². The van der Waals surface area contributed by atoms with E-state index in [1.165, 1.54) is 6.20 Å². The third-order valence-electron chi connectivity index (χ3n) is 4.12. The topological polar surface area (TPSA) is 88.2 Å². The molecule has 0 saturated carbocycles. The highest BCUT2D eigenvalue weighted by molar-refractivity contribution is 7.91. The second-order valence-corrected chi connectivity index (χ2v) is 8.71. The van der Waals surface area contributed by atoms with Gasteiger partial charge in [0.2, 0.25) is 0 Å². The van der Waals surface area contributed by atoms with Crippen LogP contribution in [0.2, 0.25) is 5.02 Å². The maximum atomic E-state index is 12.5. The Bertz CT molecular complexity index is 915. The summed E-state index contributed by atoms with van der Waals surface area (Å²) in [5, 5.41) is 6.53. The fourth-order valence-electron chi connectivity index (χ4n) is 2.72. The van der Waals surface area contributed by atoms with E-state index in [-0.39, 0.29) is 23.5 Å². The number of aromatic nitrogens is 1. The lowest BCUT2D eigenvalue weighted by molar-refractivity contribution is 0.102. The molecule has 2 aromatic rings. The molecule has 1 aliphatic heterocycles. The summed E-state index contributed by atoms with van der Waals surface area (Å²) in [6, 6.07) is 6.81. The van der Waals surface area contributed by atoms with Crippen molar-refractivity contribution in [2.45, 2.75) is 19.4 Å². The minimum atomic E-state index is -2.97. The first-order valence-corrected chi connectivity index (χ1v) is 10.0. The van der Waals surface area contributed by atoms with Gasteiger partial charge in [-0.15, -0.1) is 0 Å². The molecule has 1 fully saturated rings. The lowest BCUT2D eigenvalue weighted by Crippen LogP contribution is -2.21. The van der Waals surface area contributed by atoms with Gasteiger partial charge < -0.3 is 10.6 Å². The molecule has 1 amide bonds. The van der Waals surface area contributed by atoms with Crippen molar-refractivity contribution in [1.29, 1.82) is 0 Å². The second kappa shape index (κ2) is 7.01. The van der Waals surface area contributed by atoms with Crippen LogP contribution < -0.4 is 10.6 Å². The van der Waals surface area contributed by atoms with E-state index >= 15 is 0 Å². The molecule has 3 rings (SSSR count). The van der Waals surface area contributed by atoms with Crippen LogP contribution >= 0.6 is 11.6 Å². The average molecular weight is 380 g/mol. The number of rotatable bonds is 4. The highest BCUT2D eigenvalue weighted by Crippen LogP contribution is 2.24. The number of carbonyl (C=O) groups excluding carboxylic acids is 1. The molecule has 2 N–H and O–H groups in total. The van der Waals surface area contributed by atoms with Crippen LogP contribution in [0.3, 0.4) is 0 Å². The van der Waals surface area contributed by atoms with Crippen LogP contribution in [0.15, 0.2) is 36.7 Å². The number of amides is 1. The second-order valence-electron chi connectivity index (χ2n) is 6.07. The Labute approximate surface area is 151 Å². The van der Waals surface area contributed by atoms with Crippen molar-refractivity contribution in [2.75, 3.05) is 22.1 Å². The molecule has 1 atom stereocenters. The predicted molar refractivity (Wildman–Crippen MR) is 99.1 cm³/mol. The van der Waals surface area contributed by atoms with E-state index in [9.17, 15) is 13.2 Å². The van der Waals surface area contributed by atoms with E-state index in [4.69, 9.17) is 11.6 Å². The molecular formula is C17H18ClN3O3S. The Morgan fingerprint density at radius 2 is 2.12 bits per heavy atom. The molecule has 132 valence electrons. The van der Waals surface area contributed by atoms with Crippen molar-refractivity contribution in [3.8, 4) is 0 Å². The SMILES string of the molecule is Cc1c(Cl)cccc1NC(=O)c1cncc(NC2CCS(=O)(=O)C2)c1. The highest BCUT2D eigenvalue weighted by Gasteiger charge is 2.27. The Hall–Kier alpha value is -2.12. The molecule has 1 unspecified atom stereocenters. The average Bonchev–Trinajstić information content (AvgIpc) is 2.90. The number of sulfone groups is 1. The van der Waals surface area contributed by atoms with Crippen molar-refractivity contribution in [3.05, 3.63) is 52.8 Å². The minimum Gasteiger partial charge on any atom is -0.380 e. The zero-order valence-corrected chi connectivity index (χ0v) is 15.2. The third kappa shape index (κ3) is 4.29. The van der Waals surface area contributed by atoms with Gasteiger partial charge in [-0.25, -0.2) is 8.42 Å². The molecule has 25 heavy (non-hydrogen) atoms. The zero-order chi connectivity index (χ0) is 18.0. The quantitative estimate of drug-likeness (QED) is 0.852. The van der Waals surface area contributed by atoms with E-state index in [0.29, 0.717) is 28.4 Å². The van der Waals surface area contributed by atoms with Crippen LogP contribution in [-0.4, -0.2) is 36.9 Å². The van der Waals surface area contributed by atoms with E-state index in [0.717, 1.165) is 5.56 Å². The number of nitrogens with zero attached hydrogens (tertiary/aromatic N) is 1. The Morgan fingerprint density at radius 3 is 2.84 bits per heavy atom. The summed E-state index contributed by atoms with van der Waals surface area (Å²) in [6.45, 7) is 1.83. The molecule has 6 nitrogen and oxygen atoms in total. The van der Waals surface area contributed by atoms with Gasteiger partial charge in [0.15, 0.2) is 9.84 Å². The van der Waals surface area contributed by atoms with Crippen LogP contribution in [0.25, 0.3) is 0 Å².